The van der Waals surface area contributed by atoms with Crippen molar-refractivity contribution in [3.8, 4) is 6.07 Å². The van der Waals surface area contributed by atoms with Gasteiger partial charge in [-0.3, -0.25) is 9.69 Å². The van der Waals surface area contributed by atoms with Crippen molar-refractivity contribution in [2.45, 2.75) is 45.1 Å². The predicted octanol–water partition coefficient (Wildman–Crippen LogP) is 1.62. The number of fused-ring (bicyclic) bond motifs is 1. The largest absolute Gasteiger partial charge is 0.340 e. The fourth-order valence-corrected chi connectivity index (χ4v) is 4.14. The van der Waals surface area contributed by atoms with Gasteiger partial charge in [-0.15, -0.1) is 0 Å². The van der Waals surface area contributed by atoms with Crippen LogP contribution in [0, 0.1) is 22.7 Å². The van der Waals surface area contributed by atoms with E-state index < -0.39 is 5.41 Å². The summed E-state index contributed by atoms with van der Waals surface area (Å²) < 4.78 is 0. The van der Waals surface area contributed by atoms with Gasteiger partial charge < -0.3 is 4.90 Å². The molecule has 0 bridgehead atoms. The van der Waals surface area contributed by atoms with Crippen LogP contribution in [0.4, 0.5) is 0 Å². The molecule has 0 N–H and O–H groups in total. The molecule has 3 aliphatic rings. The Labute approximate surface area is 115 Å². The fourth-order valence-electron chi connectivity index (χ4n) is 4.14. The highest BCUT2D eigenvalue weighted by Gasteiger charge is 2.51. The third-order valence-corrected chi connectivity index (χ3v) is 5.11. The summed E-state index contributed by atoms with van der Waals surface area (Å²) in [5.41, 5.74) is -0.687. The van der Waals surface area contributed by atoms with Gasteiger partial charge in [-0.05, 0) is 44.6 Å². The number of hydrogen-bond acceptors (Lipinski definition) is 3. The second kappa shape index (κ2) is 4.79. The van der Waals surface area contributed by atoms with Crippen molar-refractivity contribution in [3.63, 3.8) is 0 Å². The molecule has 1 amide bonds. The molecule has 2 saturated heterocycles. The molecule has 0 radical (unpaired) electrons. The van der Waals surface area contributed by atoms with E-state index in [9.17, 15) is 10.1 Å². The van der Waals surface area contributed by atoms with Crippen molar-refractivity contribution >= 4 is 5.91 Å². The lowest BCUT2D eigenvalue weighted by atomic mass is 9.62. The van der Waals surface area contributed by atoms with Gasteiger partial charge >= 0.3 is 0 Å². The number of rotatable bonds is 1. The summed E-state index contributed by atoms with van der Waals surface area (Å²) in [6, 6.07) is 2.86. The number of nitriles is 1. The van der Waals surface area contributed by atoms with Crippen LogP contribution in [0.5, 0.6) is 0 Å². The lowest BCUT2D eigenvalue weighted by Crippen LogP contribution is -2.51. The molecular weight excluding hydrogens is 238 g/mol. The molecule has 0 aromatic heterocycles. The SMILES string of the molecule is CC1CC(C#N)(C(=O)N2CCCN3CCCC3C2)C1. The molecule has 2 heterocycles. The van der Waals surface area contributed by atoms with Crippen LogP contribution in [0.1, 0.15) is 39.0 Å². The quantitative estimate of drug-likeness (QED) is 0.720. The van der Waals surface area contributed by atoms with Gasteiger partial charge in [0.05, 0.1) is 6.07 Å². The van der Waals surface area contributed by atoms with E-state index in [0.29, 0.717) is 12.0 Å². The maximum Gasteiger partial charge on any atom is 0.243 e. The second-order valence-electron chi connectivity index (χ2n) is 6.64. The summed E-state index contributed by atoms with van der Waals surface area (Å²) in [6.45, 7) is 6.11. The van der Waals surface area contributed by atoms with Gasteiger partial charge in [0.15, 0.2) is 0 Å². The van der Waals surface area contributed by atoms with Crippen molar-refractivity contribution in [1.29, 1.82) is 5.26 Å². The van der Waals surface area contributed by atoms with Crippen LogP contribution in [0.15, 0.2) is 0 Å². The topological polar surface area (TPSA) is 47.3 Å². The lowest BCUT2D eigenvalue weighted by molar-refractivity contribution is -0.145. The molecule has 19 heavy (non-hydrogen) atoms. The molecule has 0 aromatic rings. The van der Waals surface area contributed by atoms with Crippen LogP contribution in [-0.2, 0) is 4.79 Å². The summed E-state index contributed by atoms with van der Waals surface area (Å²) in [5, 5.41) is 9.41. The van der Waals surface area contributed by atoms with Gasteiger partial charge in [-0.25, -0.2) is 0 Å². The second-order valence-corrected chi connectivity index (χ2v) is 6.64. The Hall–Kier alpha value is -1.08. The van der Waals surface area contributed by atoms with E-state index in [0.717, 1.165) is 38.9 Å². The number of nitrogens with zero attached hydrogens (tertiary/aromatic N) is 3. The molecule has 104 valence electrons. The summed E-state index contributed by atoms with van der Waals surface area (Å²) >= 11 is 0. The van der Waals surface area contributed by atoms with Gasteiger partial charge in [-0.1, -0.05) is 6.92 Å². The van der Waals surface area contributed by atoms with E-state index in [1.807, 2.05) is 4.90 Å². The summed E-state index contributed by atoms with van der Waals surface area (Å²) in [5.74, 6) is 0.639. The van der Waals surface area contributed by atoms with E-state index in [1.54, 1.807) is 0 Å². The molecule has 0 aromatic carbocycles. The molecule has 1 aliphatic carbocycles. The van der Waals surface area contributed by atoms with Crippen LogP contribution >= 0.6 is 0 Å². The maximum atomic E-state index is 12.7. The van der Waals surface area contributed by atoms with Gasteiger partial charge in [0.2, 0.25) is 5.91 Å². The molecule has 1 atom stereocenters. The zero-order valence-electron chi connectivity index (χ0n) is 11.8. The number of amides is 1. The van der Waals surface area contributed by atoms with Gasteiger partial charge in [0, 0.05) is 25.7 Å². The van der Waals surface area contributed by atoms with Crippen molar-refractivity contribution in [3.05, 3.63) is 0 Å². The molecule has 3 fully saturated rings. The van der Waals surface area contributed by atoms with Gasteiger partial charge in [0.25, 0.3) is 0 Å². The first-order valence-corrected chi connectivity index (χ1v) is 7.59. The highest BCUT2D eigenvalue weighted by atomic mass is 16.2. The minimum absolute atomic E-state index is 0.113. The number of carbonyl (C=O) groups excluding carboxylic acids is 1. The number of hydrogen-bond donors (Lipinski definition) is 0. The van der Waals surface area contributed by atoms with E-state index in [-0.39, 0.29) is 5.91 Å². The molecular formula is C15H23N3O. The Morgan fingerprint density at radius 1 is 1.26 bits per heavy atom. The monoisotopic (exact) mass is 261 g/mol. The first-order valence-electron chi connectivity index (χ1n) is 7.59. The third kappa shape index (κ3) is 2.14. The summed E-state index contributed by atoms with van der Waals surface area (Å²) in [7, 11) is 0. The first-order chi connectivity index (χ1) is 9.14. The molecule has 2 aliphatic heterocycles. The predicted molar refractivity (Wildman–Crippen MR) is 72.2 cm³/mol. The lowest BCUT2D eigenvalue weighted by Gasteiger charge is -2.42. The molecule has 1 unspecified atom stereocenters. The van der Waals surface area contributed by atoms with Crippen molar-refractivity contribution in [2.24, 2.45) is 11.3 Å². The zero-order valence-corrected chi connectivity index (χ0v) is 11.8. The Morgan fingerprint density at radius 3 is 2.68 bits per heavy atom. The molecule has 0 spiro atoms. The molecule has 4 nitrogen and oxygen atoms in total. The minimum Gasteiger partial charge on any atom is -0.340 e. The van der Waals surface area contributed by atoms with Gasteiger partial charge in [-0.2, -0.15) is 5.26 Å². The van der Waals surface area contributed by atoms with Crippen molar-refractivity contribution in [1.82, 2.24) is 9.80 Å². The Morgan fingerprint density at radius 2 is 2.00 bits per heavy atom. The van der Waals surface area contributed by atoms with E-state index in [4.69, 9.17) is 0 Å². The smallest absolute Gasteiger partial charge is 0.243 e. The van der Waals surface area contributed by atoms with Crippen molar-refractivity contribution in [2.75, 3.05) is 26.2 Å². The standard InChI is InChI=1S/C15H23N3O/c1-12-8-15(9-12,11-16)14(19)18-7-3-6-17-5-2-4-13(17)10-18/h12-13H,2-10H2,1H3. The average molecular weight is 261 g/mol. The normalized spacial score (nSPS) is 39.1. The van der Waals surface area contributed by atoms with E-state index >= 15 is 0 Å². The van der Waals surface area contributed by atoms with Crippen LogP contribution in [0.25, 0.3) is 0 Å². The fraction of sp³-hybridized carbons (Fsp3) is 0.867. The molecule has 3 rings (SSSR count). The van der Waals surface area contributed by atoms with E-state index in [2.05, 4.69) is 17.9 Å². The van der Waals surface area contributed by atoms with Crippen LogP contribution in [0.3, 0.4) is 0 Å². The maximum absolute atomic E-state index is 12.7. The van der Waals surface area contributed by atoms with E-state index in [1.165, 1.54) is 19.4 Å². The molecule has 4 heteroatoms. The Bertz CT molecular complexity index is 408. The first kappa shape index (κ1) is 12.9. The zero-order chi connectivity index (χ0) is 13.5. The summed E-state index contributed by atoms with van der Waals surface area (Å²) in [6.07, 6.45) is 5.03. The summed E-state index contributed by atoms with van der Waals surface area (Å²) in [4.78, 5) is 17.2. The highest BCUT2D eigenvalue weighted by molar-refractivity contribution is 5.86. The molecule has 1 saturated carbocycles. The third-order valence-electron chi connectivity index (χ3n) is 5.11. The van der Waals surface area contributed by atoms with Crippen LogP contribution in [0.2, 0.25) is 0 Å². The van der Waals surface area contributed by atoms with Crippen molar-refractivity contribution < 1.29 is 4.79 Å². The van der Waals surface area contributed by atoms with Crippen LogP contribution < -0.4 is 0 Å². The van der Waals surface area contributed by atoms with Gasteiger partial charge in [0.1, 0.15) is 5.41 Å². The average Bonchev–Trinajstić information content (AvgIpc) is 2.71. The van der Waals surface area contributed by atoms with Crippen LogP contribution in [-0.4, -0.2) is 47.9 Å². The number of carbonyl (C=O) groups is 1. The Balaban J connectivity index is 1.71. The minimum atomic E-state index is -0.687. The highest BCUT2D eigenvalue weighted by Crippen LogP contribution is 2.46. The Kier molecular flexibility index (Phi) is 3.26.